The molecule has 1 N–H and O–H groups in total. The number of methoxy groups -OCH3 is 1. The highest BCUT2D eigenvalue weighted by Gasteiger charge is 2.36. The lowest BCUT2D eigenvalue weighted by atomic mass is 10.1. The van der Waals surface area contributed by atoms with Crippen LogP contribution in [-0.4, -0.2) is 38.0 Å². The van der Waals surface area contributed by atoms with Crippen LogP contribution in [0.5, 0.6) is 5.75 Å². The van der Waals surface area contributed by atoms with E-state index in [9.17, 15) is 14.4 Å². The molecule has 0 aromatic heterocycles. The number of hydrogen-bond acceptors (Lipinski definition) is 5. The number of anilines is 2. The zero-order valence-electron chi connectivity index (χ0n) is 15.8. The van der Waals surface area contributed by atoms with E-state index in [4.69, 9.17) is 9.47 Å². The van der Waals surface area contributed by atoms with E-state index in [0.717, 1.165) is 5.56 Å². The first-order chi connectivity index (χ1) is 13.5. The number of nitrogens with zero attached hydrogens (tertiary/aromatic N) is 1. The van der Waals surface area contributed by atoms with Gasteiger partial charge in [-0.15, -0.1) is 0 Å². The quantitative estimate of drug-likeness (QED) is 0.776. The Kier molecular flexibility index (Phi) is 5.93. The minimum absolute atomic E-state index is 0.0600. The van der Waals surface area contributed by atoms with E-state index in [2.05, 4.69) is 5.32 Å². The van der Waals surface area contributed by atoms with Gasteiger partial charge in [-0.2, -0.15) is 0 Å². The molecule has 1 saturated heterocycles. The number of carbonyl (C=O) groups excluding carboxylic acids is 3. The van der Waals surface area contributed by atoms with Gasteiger partial charge in [-0.25, -0.2) is 0 Å². The average molecular weight is 382 g/mol. The monoisotopic (exact) mass is 382 g/mol. The molecule has 0 radical (unpaired) electrons. The molecule has 28 heavy (non-hydrogen) atoms. The highest BCUT2D eigenvalue weighted by atomic mass is 16.5. The van der Waals surface area contributed by atoms with Crippen molar-refractivity contribution in [1.82, 2.24) is 0 Å². The topological polar surface area (TPSA) is 84.9 Å². The molecule has 0 bridgehead atoms. The molecule has 1 aliphatic rings. The van der Waals surface area contributed by atoms with Crippen molar-refractivity contribution < 1.29 is 23.9 Å². The molecule has 7 nitrogen and oxygen atoms in total. The van der Waals surface area contributed by atoms with Crippen LogP contribution in [0.2, 0.25) is 0 Å². The van der Waals surface area contributed by atoms with E-state index in [0.29, 0.717) is 17.1 Å². The third kappa shape index (κ3) is 4.68. The molecule has 3 rings (SSSR count). The summed E-state index contributed by atoms with van der Waals surface area (Å²) in [6.45, 7) is 1.79. The molecule has 1 heterocycles. The third-order valence-corrected chi connectivity index (χ3v) is 4.52. The Hall–Kier alpha value is -3.35. The summed E-state index contributed by atoms with van der Waals surface area (Å²) in [5.41, 5.74) is 2.41. The zero-order chi connectivity index (χ0) is 20.1. The molecule has 1 atom stereocenters. The second kappa shape index (κ2) is 8.56. The Morgan fingerprint density at radius 1 is 1.11 bits per heavy atom. The van der Waals surface area contributed by atoms with Gasteiger partial charge in [0.2, 0.25) is 5.91 Å². The van der Waals surface area contributed by atoms with Gasteiger partial charge in [-0.1, -0.05) is 17.7 Å². The number of amides is 2. The zero-order valence-corrected chi connectivity index (χ0v) is 15.8. The lowest BCUT2D eigenvalue weighted by Crippen LogP contribution is -2.28. The number of aryl methyl sites for hydroxylation is 1. The SMILES string of the molecule is COc1ccc(N2C[C@@H](C(=O)OCC(=O)Nc3ccc(C)cc3)CC2=O)cc1. The maximum atomic E-state index is 12.3. The highest BCUT2D eigenvalue weighted by molar-refractivity contribution is 6.00. The minimum Gasteiger partial charge on any atom is -0.497 e. The molecule has 0 spiro atoms. The van der Waals surface area contributed by atoms with Gasteiger partial charge in [-0.3, -0.25) is 14.4 Å². The van der Waals surface area contributed by atoms with Crippen LogP contribution in [0.25, 0.3) is 0 Å². The summed E-state index contributed by atoms with van der Waals surface area (Å²) in [5, 5.41) is 2.66. The normalized spacial score (nSPS) is 16.0. The molecule has 2 aromatic carbocycles. The first-order valence-corrected chi connectivity index (χ1v) is 8.94. The van der Waals surface area contributed by atoms with Gasteiger partial charge in [0.05, 0.1) is 13.0 Å². The maximum absolute atomic E-state index is 12.3. The van der Waals surface area contributed by atoms with Crippen molar-refractivity contribution in [2.45, 2.75) is 13.3 Å². The van der Waals surface area contributed by atoms with Crippen molar-refractivity contribution in [3.63, 3.8) is 0 Å². The van der Waals surface area contributed by atoms with Gasteiger partial charge in [0, 0.05) is 24.3 Å². The summed E-state index contributed by atoms with van der Waals surface area (Å²) in [6.07, 6.45) is 0.0600. The van der Waals surface area contributed by atoms with Crippen molar-refractivity contribution >= 4 is 29.2 Å². The molecule has 2 amide bonds. The Morgan fingerprint density at radius 3 is 2.43 bits per heavy atom. The molecule has 1 fully saturated rings. The van der Waals surface area contributed by atoms with Crippen molar-refractivity contribution in [3.05, 3.63) is 54.1 Å². The number of nitrogens with one attached hydrogen (secondary N) is 1. The Labute approximate surface area is 163 Å². The highest BCUT2D eigenvalue weighted by Crippen LogP contribution is 2.27. The predicted octanol–water partition coefficient (Wildman–Crippen LogP) is 2.54. The van der Waals surface area contributed by atoms with Gasteiger partial charge in [0.25, 0.3) is 5.91 Å². The summed E-state index contributed by atoms with van der Waals surface area (Å²) in [6, 6.07) is 14.3. The average Bonchev–Trinajstić information content (AvgIpc) is 3.10. The largest absolute Gasteiger partial charge is 0.497 e. The number of benzene rings is 2. The van der Waals surface area contributed by atoms with Crippen molar-refractivity contribution in [1.29, 1.82) is 0 Å². The molecule has 1 aliphatic heterocycles. The molecule has 0 saturated carbocycles. The van der Waals surface area contributed by atoms with Gasteiger partial charge in [-0.05, 0) is 43.3 Å². The molecule has 146 valence electrons. The number of carbonyl (C=O) groups is 3. The first-order valence-electron chi connectivity index (χ1n) is 8.94. The van der Waals surface area contributed by atoms with E-state index >= 15 is 0 Å². The van der Waals surface area contributed by atoms with Crippen LogP contribution in [0.15, 0.2) is 48.5 Å². The van der Waals surface area contributed by atoms with Gasteiger partial charge >= 0.3 is 5.97 Å². The molecule has 0 unspecified atom stereocenters. The van der Waals surface area contributed by atoms with E-state index in [1.54, 1.807) is 43.5 Å². The Bertz CT molecular complexity index is 861. The molecule has 2 aromatic rings. The second-order valence-electron chi connectivity index (χ2n) is 6.63. The lowest BCUT2D eigenvalue weighted by Gasteiger charge is -2.16. The van der Waals surface area contributed by atoms with Gasteiger partial charge in [0.15, 0.2) is 6.61 Å². The Balaban J connectivity index is 1.51. The fourth-order valence-electron chi connectivity index (χ4n) is 2.97. The fraction of sp³-hybridized carbons (Fsp3) is 0.286. The fourth-order valence-corrected chi connectivity index (χ4v) is 2.97. The summed E-state index contributed by atoms with van der Waals surface area (Å²) >= 11 is 0. The van der Waals surface area contributed by atoms with Crippen molar-refractivity contribution in [3.8, 4) is 5.75 Å². The smallest absolute Gasteiger partial charge is 0.311 e. The van der Waals surface area contributed by atoms with Gasteiger partial charge in [0.1, 0.15) is 5.75 Å². The summed E-state index contributed by atoms with van der Waals surface area (Å²) in [5.74, 6) is -1.04. The van der Waals surface area contributed by atoms with Crippen LogP contribution in [0, 0.1) is 12.8 Å². The van der Waals surface area contributed by atoms with Crippen molar-refractivity contribution in [2.75, 3.05) is 30.5 Å². The lowest BCUT2D eigenvalue weighted by molar-refractivity contribution is -0.151. The van der Waals surface area contributed by atoms with Crippen LogP contribution >= 0.6 is 0 Å². The summed E-state index contributed by atoms with van der Waals surface area (Å²) < 4.78 is 10.2. The van der Waals surface area contributed by atoms with E-state index < -0.39 is 17.8 Å². The Morgan fingerprint density at radius 2 is 1.79 bits per heavy atom. The third-order valence-electron chi connectivity index (χ3n) is 4.52. The number of rotatable bonds is 6. The number of ether oxygens (including phenoxy) is 2. The predicted molar refractivity (Wildman–Crippen MR) is 104 cm³/mol. The van der Waals surface area contributed by atoms with E-state index in [1.807, 2.05) is 19.1 Å². The van der Waals surface area contributed by atoms with Gasteiger partial charge < -0.3 is 19.7 Å². The molecule has 0 aliphatic carbocycles. The standard InChI is InChI=1S/C21H22N2O5/c1-14-3-5-16(6-4-14)22-19(24)13-28-21(26)15-11-20(25)23(12-15)17-7-9-18(27-2)10-8-17/h3-10,15H,11-13H2,1-2H3,(H,22,24)/t15-/m0/s1. The number of esters is 1. The summed E-state index contributed by atoms with van der Waals surface area (Å²) in [7, 11) is 1.57. The second-order valence-corrected chi connectivity index (χ2v) is 6.63. The van der Waals surface area contributed by atoms with Crippen molar-refractivity contribution in [2.24, 2.45) is 5.92 Å². The minimum atomic E-state index is -0.596. The van der Waals surface area contributed by atoms with Crippen LogP contribution in [-0.2, 0) is 19.1 Å². The van der Waals surface area contributed by atoms with Crippen LogP contribution in [0.1, 0.15) is 12.0 Å². The van der Waals surface area contributed by atoms with E-state index in [-0.39, 0.29) is 25.5 Å². The summed E-state index contributed by atoms with van der Waals surface area (Å²) in [4.78, 5) is 38.0. The van der Waals surface area contributed by atoms with E-state index in [1.165, 1.54) is 4.90 Å². The molecular formula is C21H22N2O5. The molecular weight excluding hydrogens is 360 g/mol. The first kappa shape index (κ1) is 19.4. The maximum Gasteiger partial charge on any atom is 0.311 e. The number of hydrogen-bond donors (Lipinski definition) is 1. The van der Waals surface area contributed by atoms with Crippen LogP contribution in [0.4, 0.5) is 11.4 Å². The van der Waals surface area contributed by atoms with Crippen LogP contribution < -0.4 is 15.0 Å². The molecule has 7 heteroatoms. The van der Waals surface area contributed by atoms with Crippen LogP contribution in [0.3, 0.4) is 0 Å².